The van der Waals surface area contributed by atoms with Crippen LogP contribution in [0.25, 0.3) is 0 Å². The quantitative estimate of drug-likeness (QED) is 0.637. The Kier molecular flexibility index (Phi) is 8.18. The normalized spacial score (nSPS) is 15.3. The zero-order valence-corrected chi connectivity index (χ0v) is 16.1. The highest BCUT2D eigenvalue weighted by Gasteiger charge is 2.20. The fourth-order valence-electron chi connectivity index (χ4n) is 3.40. The third-order valence-electron chi connectivity index (χ3n) is 4.97. The number of ether oxygens (including phenoxy) is 1. The number of nitrogens with one attached hydrogen (secondary N) is 1. The average molecular weight is 367 g/mol. The number of nitrogen functional groups attached to an aromatic ring is 1. The number of hydrogen-bond donors (Lipinski definition) is 2. The van der Waals surface area contributed by atoms with E-state index in [2.05, 4.69) is 16.8 Å². The zero-order valence-electron chi connectivity index (χ0n) is 16.1. The molecule has 0 atom stereocenters. The molecular weight excluding hydrogens is 334 g/mol. The SMILES string of the molecule is CCCCn1c(N)c(N(CCOC)CCN2CCCCC2)c(=O)[nH]c1=O. The first-order chi connectivity index (χ1) is 12.6. The van der Waals surface area contributed by atoms with E-state index in [0.717, 1.165) is 32.5 Å². The van der Waals surface area contributed by atoms with Crippen LogP contribution in [0.3, 0.4) is 0 Å². The van der Waals surface area contributed by atoms with Crippen LogP contribution in [0.5, 0.6) is 0 Å². The van der Waals surface area contributed by atoms with Crippen molar-refractivity contribution >= 4 is 11.5 Å². The van der Waals surface area contributed by atoms with E-state index >= 15 is 0 Å². The van der Waals surface area contributed by atoms with E-state index < -0.39 is 11.2 Å². The molecule has 0 unspecified atom stereocenters. The Bertz CT molecular complexity index is 664. The monoisotopic (exact) mass is 367 g/mol. The third-order valence-corrected chi connectivity index (χ3v) is 4.97. The zero-order chi connectivity index (χ0) is 18.9. The van der Waals surface area contributed by atoms with Crippen molar-refractivity contribution in [1.82, 2.24) is 14.5 Å². The maximum Gasteiger partial charge on any atom is 0.330 e. The number of nitrogens with zero attached hydrogens (tertiary/aromatic N) is 3. The predicted octanol–water partition coefficient (Wildman–Crippen LogP) is 0.858. The first-order valence-corrected chi connectivity index (χ1v) is 9.67. The summed E-state index contributed by atoms with van der Waals surface area (Å²) < 4.78 is 6.68. The summed E-state index contributed by atoms with van der Waals surface area (Å²) in [5.41, 5.74) is 5.78. The Hall–Kier alpha value is -1.80. The van der Waals surface area contributed by atoms with Gasteiger partial charge in [-0.15, -0.1) is 0 Å². The summed E-state index contributed by atoms with van der Waals surface area (Å²) in [6, 6.07) is 0. The molecule has 2 rings (SSSR count). The van der Waals surface area contributed by atoms with Crippen molar-refractivity contribution in [3.05, 3.63) is 20.8 Å². The molecule has 26 heavy (non-hydrogen) atoms. The lowest BCUT2D eigenvalue weighted by atomic mass is 10.1. The second kappa shape index (κ2) is 10.4. The maximum absolute atomic E-state index is 12.5. The van der Waals surface area contributed by atoms with Gasteiger partial charge in [0.25, 0.3) is 5.56 Å². The van der Waals surface area contributed by atoms with E-state index in [9.17, 15) is 9.59 Å². The Morgan fingerprint density at radius 1 is 1.15 bits per heavy atom. The number of hydrogen-bond acceptors (Lipinski definition) is 6. The van der Waals surface area contributed by atoms with E-state index in [1.807, 2.05) is 4.90 Å². The van der Waals surface area contributed by atoms with Gasteiger partial charge in [0, 0.05) is 33.3 Å². The number of unbranched alkanes of at least 4 members (excludes halogenated alkanes) is 1. The molecule has 8 heteroatoms. The molecule has 3 N–H and O–H groups in total. The topological polar surface area (TPSA) is 96.6 Å². The van der Waals surface area contributed by atoms with Crippen molar-refractivity contribution in [3.8, 4) is 0 Å². The lowest BCUT2D eigenvalue weighted by molar-refractivity contribution is 0.200. The smallest absolute Gasteiger partial charge is 0.330 e. The van der Waals surface area contributed by atoms with Gasteiger partial charge in [-0.05, 0) is 32.4 Å². The maximum atomic E-state index is 12.5. The number of nitrogens with two attached hydrogens (primary N) is 1. The molecule has 0 spiro atoms. The number of rotatable bonds is 10. The largest absolute Gasteiger partial charge is 0.383 e. The van der Waals surface area contributed by atoms with Gasteiger partial charge in [0.1, 0.15) is 11.5 Å². The molecule has 0 aliphatic carbocycles. The molecule has 1 aliphatic rings. The van der Waals surface area contributed by atoms with Crippen LogP contribution < -0.4 is 21.9 Å². The van der Waals surface area contributed by atoms with Crippen LogP contribution in [-0.4, -0.2) is 60.9 Å². The van der Waals surface area contributed by atoms with Crippen molar-refractivity contribution in [2.24, 2.45) is 0 Å². The molecule has 1 saturated heterocycles. The van der Waals surface area contributed by atoms with Crippen molar-refractivity contribution in [3.63, 3.8) is 0 Å². The van der Waals surface area contributed by atoms with E-state index in [-0.39, 0.29) is 5.82 Å². The van der Waals surface area contributed by atoms with Crippen LogP contribution in [0.4, 0.5) is 11.5 Å². The summed E-state index contributed by atoms with van der Waals surface area (Å²) in [7, 11) is 1.64. The minimum absolute atomic E-state index is 0.252. The first kappa shape index (κ1) is 20.5. The molecule has 148 valence electrons. The number of aromatic nitrogens is 2. The summed E-state index contributed by atoms with van der Waals surface area (Å²) in [6.45, 7) is 7.36. The number of likely N-dealkylation sites (tertiary alicyclic amines) is 1. The van der Waals surface area contributed by atoms with Gasteiger partial charge in [0.15, 0.2) is 0 Å². The van der Waals surface area contributed by atoms with Gasteiger partial charge in [-0.2, -0.15) is 0 Å². The van der Waals surface area contributed by atoms with E-state index in [1.54, 1.807) is 7.11 Å². The van der Waals surface area contributed by atoms with Crippen molar-refractivity contribution < 1.29 is 4.74 Å². The van der Waals surface area contributed by atoms with Gasteiger partial charge in [-0.25, -0.2) is 4.79 Å². The molecule has 1 aliphatic heterocycles. The van der Waals surface area contributed by atoms with Crippen molar-refractivity contribution in [1.29, 1.82) is 0 Å². The number of anilines is 2. The number of H-pyrrole nitrogens is 1. The summed E-state index contributed by atoms with van der Waals surface area (Å²) >= 11 is 0. The van der Waals surface area contributed by atoms with E-state index in [4.69, 9.17) is 10.5 Å². The molecule has 8 nitrogen and oxygen atoms in total. The second-order valence-electron chi connectivity index (χ2n) is 6.88. The molecule has 1 aromatic heterocycles. The molecule has 0 saturated carbocycles. The summed E-state index contributed by atoms with van der Waals surface area (Å²) in [5, 5.41) is 0. The fraction of sp³-hybridized carbons (Fsp3) is 0.778. The predicted molar refractivity (Wildman–Crippen MR) is 105 cm³/mol. The van der Waals surface area contributed by atoms with Crippen LogP contribution >= 0.6 is 0 Å². The molecule has 2 heterocycles. The Morgan fingerprint density at radius 3 is 2.54 bits per heavy atom. The second-order valence-corrected chi connectivity index (χ2v) is 6.88. The summed E-state index contributed by atoms with van der Waals surface area (Å²) in [5.74, 6) is 0.252. The standard InChI is InChI=1S/C18H33N5O3/c1-3-4-10-23-16(19)15(17(24)20-18(23)25)22(13-14-26-2)12-11-21-8-6-5-7-9-21/h3-14,19H2,1-2H3,(H,20,24,25). The van der Waals surface area contributed by atoms with Gasteiger partial charge in [0.2, 0.25) is 0 Å². The van der Waals surface area contributed by atoms with Gasteiger partial charge in [-0.1, -0.05) is 19.8 Å². The highest BCUT2D eigenvalue weighted by atomic mass is 16.5. The van der Waals surface area contributed by atoms with Crippen molar-refractivity contribution in [2.75, 3.05) is 57.1 Å². The molecule has 0 radical (unpaired) electrons. The lowest BCUT2D eigenvalue weighted by Crippen LogP contribution is -2.43. The van der Waals surface area contributed by atoms with E-state index in [0.29, 0.717) is 31.9 Å². The molecule has 1 fully saturated rings. The van der Waals surface area contributed by atoms with E-state index in [1.165, 1.54) is 23.8 Å². The van der Waals surface area contributed by atoms with Gasteiger partial charge in [0.05, 0.1) is 6.61 Å². The molecule has 0 amide bonds. The third kappa shape index (κ3) is 5.35. The van der Waals surface area contributed by atoms with Crippen LogP contribution in [-0.2, 0) is 11.3 Å². The average Bonchev–Trinajstić information content (AvgIpc) is 2.64. The number of aromatic amines is 1. The molecule has 0 bridgehead atoms. The van der Waals surface area contributed by atoms with Gasteiger partial charge in [-0.3, -0.25) is 14.3 Å². The van der Waals surface area contributed by atoms with Crippen LogP contribution in [0, 0.1) is 0 Å². The van der Waals surface area contributed by atoms with Crippen LogP contribution in [0.15, 0.2) is 9.59 Å². The first-order valence-electron chi connectivity index (χ1n) is 9.67. The Labute approximate surface area is 154 Å². The van der Waals surface area contributed by atoms with Crippen LogP contribution in [0.2, 0.25) is 0 Å². The van der Waals surface area contributed by atoms with Gasteiger partial charge < -0.3 is 20.3 Å². The molecule has 0 aromatic carbocycles. The lowest BCUT2D eigenvalue weighted by Gasteiger charge is -2.31. The Balaban J connectivity index is 2.24. The minimum Gasteiger partial charge on any atom is -0.383 e. The Morgan fingerprint density at radius 2 is 1.88 bits per heavy atom. The summed E-state index contributed by atoms with van der Waals surface area (Å²) in [4.78, 5) is 31.4. The highest BCUT2D eigenvalue weighted by molar-refractivity contribution is 5.62. The highest BCUT2D eigenvalue weighted by Crippen LogP contribution is 2.17. The number of piperidine rings is 1. The minimum atomic E-state index is -0.438. The van der Waals surface area contributed by atoms with Crippen molar-refractivity contribution in [2.45, 2.75) is 45.6 Å². The summed E-state index contributed by atoms with van der Waals surface area (Å²) in [6.07, 6.45) is 5.52. The van der Waals surface area contributed by atoms with Crippen LogP contribution in [0.1, 0.15) is 39.0 Å². The molecular formula is C18H33N5O3. The fourth-order valence-corrected chi connectivity index (χ4v) is 3.40. The number of methoxy groups -OCH3 is 1. The molecule has 1 aromatic rings. The van der Waals surface area contributed by atoms with Gasteiger partial charge >= 0.3 is 5.69 Å².